The molecule has 2 aliphatic rings. The Bertz CT molecular complexity index is 1820. The van der Waals surface area contributed by atoms with Crippen molar-refractivity contribution in [3.05, 3.63) is 108 Å². The first-order chi connectivity index (χ1) is 20.7. The van der Waals surface area contributed by atoms with Crippen LogP contribution in [0.3, 0.4) is 0 Å². The predicted octanol–water partition coefficient (Wildman–Crippen LogP) is 4.91. The van der Waals surface area contributed by atoms with Crippen molar-refractivity contribution in [1.29, 1.82) is 0 Å². The van der Waals surface area contributed by atoms with Gasteiger partial charge in [0, 0.05) is 33.6 Å². The van der Waals surface area contributed by atoms with Gasteiger partial charge in [0.15, 0.2) is 0 Å². The number of nitrogens with one attached hydrogen (secondary N) is 1. The van der Waals surface area contributed by atoms with Crippen molar-refractivity contribution >= 4 is 69.5 Å². The summed E-state index contributed by atoms with van der Waals surface area (Å²) in [4.78, 5) is 65.8. The van der Waals surface area contributed by atoms with Crippen LogP contribution in [0.2, 0.25) is 5.02 Å². The van der Waals surface area contributed by atoms with Crippen LogP contribution in [-0.2, 0) is 20.9 Å². The van der Waals surface area contributed by atoms with Gasteiger partial charge in [0.25, 0.3) is 5.69 Å². The number of anilines is 2. The van der Waals surface area contributed by atoms with Crippen LogP contribution in [-0.4, -0.2) is 39.6 Å². The number of methoxy groups -OCH3 is 1. The van der Waals surface area contributed by atoms with Gasteiger partial charge in [-0.05, 0) is 54.1 Å². The first-order valence-electron chi connectivity index (χ1n) is 12.9. The molecule has 2 aliphatic heterocycles. The van der Waals surface area contributed by atoms with E-state index in [9.17, 15) is 29.3 Å². The number of rotatable bonds is 7. The van der Waals surface area contributed by atoms with Crippen molar-refractivity contribution in [1.82, 2.24) is 4.57 Å². The van der Waals surface area contributed by atoms with Gasteiger partial charge in [0.1, 0.15) is 17.5 Å². The number of fused-ring (bicyclic) bond motifs is 2. The Balaban J connectivity index is 1.37. The minimum Gasteiger partial charge on any atom is -0.497 e. The van der Waals surface area contributed by atoms with Gasteiger partial charge in [0.05, 0.1) is 28.7 Å². The third-order valence-corrected chi connectivity index (χ3v) is 10.1. The number of benzene rings is 3. The normalized spacial score (nSPS) is 19.1. The van der Waals surface area contributed by atoms with Gasteiger partial charge in [-0.1, -0.05) is 46.8 Å². The molecule has 0 saturated carbocycles. The molecule has 0 spiro atoms. The van der Waals surface area contributed by atoms with Crippen LogP contribution in [0.5, 0.6) is 5.75 Å². The van der Waals surface area contributed by atoms with Gasteiger partial charge in [-0.3, -0.25) is 33.9 Å². The second kappa shape index (κ2) is 11.3. The number of carbonyl (C=O) groups is 3. The summed E-state index contributed by atoms with van der Waals surface area (Å²) in [5.41, 5.74) is 1.24. The van der Waals surface area contributed by atoms with Gasteiger partial charge >= 0.3 is 4.87 Å². The van der Waals surface area contributed by atoms with Crippen molar-refractivity contribution in [2.24, 2.45) is 5.92 Å². The van der Waals surface area contributed by atoms with E-state index in [1.54, 1.807) is 48.5 Å². The average molecular weight is 637 g/mol. The van der Waals surface area contributed by atoms with Crippen LogP contribution in [0.25, 0.3) is 0 Å². The summed E-state index contributed by atoms with van der Waals surface area (Å²) in [7, 11) is 1.53. The number of halogens is 1. The smallest absolute Gasteiger partial charge is 0.308 e. The largest absolute Gasteiger partial charge is 0.497 e. The number of ether oxygens (including phenoxy) is 1. The fourth-order valence-electron chi connectivity index (χ4n) is 5.28. The third-order valence-electron chi connectivity index (χ3n) is 7.27. The number of nitro benzene ring substituents is 1. The van der Waals surface area contributed by atoms with E-state index in [1.807, 2.05) is 0 Å². The van der Waals surface area contributed by atoms with Crippen LogP contribution >= 0.6 is 34.7 Å². The summed E-state index contributed by atoms with van der Waals surface area (Å²) in [6.07, 6.45) is 0. The maximum atomic E-state index is 13.9. The van der Waals surface area contributed by atoms with E-state index in [4.69, 9.17) is 16.3 Å². The van der Waals surface area contributed by atoms with Crippen molar-refractivity contribution in [2.45, 2.75) is 22.7 Å². The molecule has 0 radical (unpaired) electrons. The van der Waals surface area contributed by atoms with Crippen molar-refractivity contribution < 1.29 is 24.0 Å². The van der Waals surface area contributed by atoms with Crippen LogP contribution in [0.15, 0.2) is 82.6 Å². The second-order valence-electron chi connectivity index (χ2n) is 9.78. The van der Waals surface area contributed by atoms with Gasteiger partial charge in [-0.25, -0.2) is 4.90 Å². The number of thioether (sulfide) groups is 1. The van der Waals surface area contributed by atoms with Gasteiger partial charge in [0.2, 0.25) is 17.7 Å². The first kappa shape index (κ1) is 28.6. The Morgan fingerprint density at radius 2 is 1.67 bits per heavy atom. The molecular weight excluding hydrogens is 616 g/mol. The summed E-state index contributed by atoms with van der Waals surface area (Å²) in [6.45, 7) is -0.303. The highest BCUT2D eigenvalue weighted by Crippen LogP contribution is 2.54. The molecule has 3 aromatic carbocycles. The molecule has 1 fully saturated rings. The molecule has 1 N–H and O–H groups in total. The molecule has 3 amide bonds. The van der Waals surface area contributed by atoms with E-state index in [-0.39, 0.29) is 17.9 Å². The fourth-order valence-corrected chi connectivity index (χ4v) is 8.18. The number of aromatic nitrogens is 1. The SMILES string of the molecule is COc1ccc(NC(=O)Cn2c3c(sc2=O)[C@H](c2ccc(Cl)cc2)C2C(=O)N(c4ccc([N+](=O)[O-])cc4)C(=O)C2S3)cc1. The topological polar surface area (TPSA) is 141 Å². The zero-order valence-electron chi connectivity index (χ0n) is 22.3. The van der Waals surface area contributed by atoms with Crippen LogP contribution in [0.1, 0.15) is 16.4 Å². The summed E-state index contributed by atoms with van der Waals surface area (Å²) in [6, 6.07) is 18.8. The molecule has 4 aromatic rings. The van der Waals surface area contributed by atoms with Crippen LogP contribution in [0, 0.1) is 16.0 Å². The lowest BCUT2D eigenvalue weighted by Gasteiger charge is -2.30. The second-order valence-corrected chi connectivity index (χ2v) is 12.3. The molecule has 0 bridgehead atoms. The lowest BCUT2D eigenvalue weighted by molar-refractivity contribution is -0.384. The Morgan fingerprint density at radius 3 is 2.30 bits per heavy atom. The minimum absolute atomic E-state index is 0.173. The molecule has 2 unspecified atom stereocenters. The number of amides is 3. The maximum Gasteiger partial charge on any atom is 0.308 e. The minimum atomic E-state index is -0.902. The van der Waals surface area contributed by atoms with Crippen molar-refractivity contribution in [2.75, 3.05) is 17.3 Å². The Kier molecular flexibility index (Phi) is 7.54. The van der Waals surface area contributed by atoms with E-state index < -0.39 is 44.6 Å². The van der Waals surface area contributed by atoms with E-state index in [0.29, 0.717) is 31.9 Å². The summed E-state index contributed by atoms with van der Waals surface area (Å²) < 4.78 is 6.47. The summed E-state index contributed by atoms with van der Waals surface area (Å²) in [5.74, 6) is -2.33. The molecule has 1 saturated heterocycles. The zero-order valence-corrected chi connectivity index (χ0v) is 24.7. The highest BCUT2D eigenvalue weighted by Gasteiger charge is 2.56. The highest BCUT2D eigenvalue weighted by atomic mass is 35.5. The molecule has 218 valence electrons. The third kappa shape index (κ3) is 5.19. The summed E-state index contributed by atoms with van der Waals surface area (Å²) >= 11 is 8.15. The average Bonchev–Trinajstić information content (AvgIpc) is 3.44. The van der Waals surface area contributed by atoms with Crippen LogP contribution < -0.4 is 19.8 Å². The lowest BCUT2D eigenvalue weighted by atomic mass is 9.83. The molecule has 0 aliphatic carbocycles. The van der Waals surface area contributed by atoms with Gasteiger partial charge < -0.3 is 10.1 Å². The molecule has 14 heteroatoms. The molecule has 11 nitrogen and oxygen atoms in total. The highest BCUT2D eigenvalue weighted by molar-refractivity contribution is 8.00. The lowest BCUT2D eigenvalue weighted by Crippen LogP contribution is -2.33. The van der Waals surface area contributed by atoms with Crippen molar-refractivity contribution in [3.8, 4) is 5.75 Å². The Hall–Kier alpha value is -4.46. The molecule has 1 aromatic heterocycles. The van der Waals surface area contributed by atoms with E-state index in [2.05, 4.69) is 5.32 Å². The quantitative estimate of drug-likeness (QED) is 0.171. The Labute approximate surface area is 257 Å². The molecule has 43 heavy (non-hydrogen) atoms. The first-order valence-corrected chi connectivity index (χ1v) is 15.0. The number of carbonyl (C=O) groups excluding carboxylic acids is 3. The number of imide groups is 1. The van der Waals surface area contributed by atoms with Gasteiger partial charge in [-0.2, -0.15) is 0 Å². The number of hydrogen-bond donors (Lipinski definition) is 1. The number of nitrogens with zero attached hydrogens (tertiary/aromatic N) is 3. The van der Waals surface area contributed by atoms with Crippen LogP contribution in [0.4, 0.5) is 17.1 Å². The number of thiazole rings is 1. The number of non-ortho nitro benzene ring substituents is 1. The molecule has 3 atom stereocenters. The maximum absolute atomic E-state index is 13.9. The monoisotopic (exact) mass is 636 g/mol. The van der Waals surface area contributed by atoms with E-state index >= 15 is 0 Å². The van der Waals surface area contributed by atoms with E-state index in [0.717, 1.165) is 28.0 Å². The predicted molar refractivity (Wildman–Crippen MR) is 162 cm³/mol. The molecular formula is C29H21ClN4O7S2. The van der Waals surface area contributed by atoms with Gasteiger partial charge in [-0.15, -0.1) is 0 Å². The number of hydrogen-bond acceptors (Lipinski definition) is 9. The van der Waals surface area contributed by atoms with Crippen molar-refractivity contribution in [3.63, 3.8) is 0 Å². The molecule has 6 rings (SSSR count). The number of nitro groups is 1. The standard InChI is InChI=1S/C29H21ClN4O7S2/c1-41-20-12-6-17(7-13-20)31-21(35)14-32-28-25(43-29(32)38)22(15-2-4-16(30)5-3-15)23-24(42-28)27(37)33(26(23)36)18-8-10-19(11-9-18)34(39)40/h2-13,22-24H,14H2,1H3,(H,31,35)/t22-,23?,24?/m1/s1. The van der Waals surface area contributed by atoms with E-state index in [1.165, 1.54) is 35.9 Å². The Morgan fingerprint density at radius 1 is 1.00 bits per heavy atom. The summed E-state index contributed by atoms with van der Waals surface area (Å²) in [5, 5.41) is 13.9. The zero-order chi connectivity index (χ0) is 30.4. The fraction of sp³-hybridized carbons (Fsp3) is 0.172. The molecule has 3 heterocycles.